The Morgan fingerprint density at radius 3 is 2.81 bits per heavy atom. The summed E-state index contributed by atoms with van der Waals surface area (Å²) in [5.74, 6) is 11.4. The van der Waals surface area contributed by atoms with E-state index in [1.807, 2.05) is 6.08 Å². The number of hydrogen-bond acceptors (Lipinski definition) is 2. The molecular weight excluding hydrogens is 200 g/mol. The van der Waals surface area contributed by atoms with Crippen LogP contribution in [-0.4, -0.2) is 12.6 Å². The Morgan fingerprint density at radius 1 is 1.31 bits per heavy atom. The molecule has 0 bridgehead atoms. The van der Waals surface area contributed by atoms with Crippen molar-refractivity contribution in [2.24, 2.45) is 0 Å². The lowest BCUT2D eigenvalue weighted by molar-refractivity contribution is -0.140. The summed E-state index contributed by atoms with van der Waals surface area (Å²) in [6.07, 6.45) is 7.28. The predicted molar refractivity (Wildman–Crippen MR) is 65.5 cm³/mol. The lowest BCUT2D eigenvalue weighted by Gasteiger charge is -1.94. The van der Waals surface area contributed by atoms with Crippen LogP contribution in [0.1, 0.15) is 39.5 Å². The maximum absolute atomic E-state index is 10.4. The van der Waals surface area contributed by atoms with Crippen molar-refractivity contribution in [3.63, 3.8) is 0 Å². The molecule has 0 aromatic rings. The second-order valence-electron chi connectivity index (χ2n) is 3.13. The molecule has 0 aromatic carbocycles. The van der Waals surface area contributed by atoms with Gasteiger partial charge in [0, 0.05) is 13.3 Å². The summed E-state index contributed by atoms with van der Waals surface area (Å²) < 4.78 is 4.73. The molecule has 0 saturated carbocycles. The molecule has 16 heavy (non-hydrogen) atoms. The average molecular weight is 218 g/mol. The first-order chi connectivity index (χ1) is 7.77. The van der Waals surface area contributed by atoms with E-state index in [1.54, 1.807) is 0 Å². The molecule has 0 atom stereocenters. The van der Waals surface area contributed by atoms with Gasteiger partial charge in [0.25, 0.3) is 0 Å². The number of carbonyl (C=O) groups is 1. The van der Waals surface area contributed by atoms with Gasteiger partial charge >= 0.3 is 5.97 Å². The molecule has 86 valence electrons. The van der Waals surface area contributed by atoms with Crippen molar-refractivity contribution < 1.29 is 9.53 Å². The van der Waals surface area contributed by atoms with Crippen molar-refractivity contribution in [2.75, 3.05) is 6.61 Å². The quantitative estimate of drug-likeness (QED) is 0.412. The molecule has 0 rings (SSSR count). The molecule has 2 nitrogen and oxygen atoms in total. The Hall–Kier alpha value is -1.67. The van der Waals surface area contributed by atoms with Gasteiger partial charge in [-0.25, -0.2) is 0 Å². The van der Waals surface area contributed by atoms with Crippen LogP contribution in [0.25, 0.3) is 0 Å². The first kappa shape index (κ1) is 14.3. The monoisotopic (exact) mass is 218 g/mol. The molecule has 0 aliphatic carbocycles. The number of ether oxygens (including phenoxy) is 1. The molecule has 0 aliphatic rings. The van der Waals surface area contributed by atoms with E-state index in [4.69, 9.17) is 4.74 Å². The lowest BCUT2D eigenvalue weighted by Crippen LogP contribution is -1.98. The summed E-state index contributed by atoms with van der Waals surface area (Å²) in [6.45, 7) is 3.89. The third-order valence-electron chi connectivity index (χ3n) is 1.59. The van der Waals surface area contributed by atoms with Gasteiger partial charge < -0.3 is 4.74 Å². The van der Waals surface area contributed by atoms with E-state index in [0.29, 0.717) is 19.4 Å². The highest BCUT2D eigenvalue weighted by atomic mass is 16.5. The van der Waals surface area contributed by atoms with Crippen LogP contribution in [0.15, 0.2) is 12.2 Å². The van der Waals surface area contributed by atoms with Crippen LogP contribution in [0.3, 0.4) is 0 Å². The molecule has 0 aliphatic heterocycles. The van der Waals surface area contributed by atoms with E-state index in [-0.39, 0.29) is 5.97 Å². The molecule has 0 radical (unpaired) electrons. The zero-order valence-electron chi connectivity index (χ0n) is 10.0. The van der Waals surface area contributed by atoms with Gasteiger partial charge in [-0.15, -0.1) is 0 Å². The van der Waals surface area contributed by atoms with Crippen LogP contribution in [0, 0.1) is 23.7 Å². The minimum absolute atomic E-state index is 0.261. The molecule has 0 unspecified atom stereocenters. The molecule has 0 N–H and O–H groups in total. The van der Waals surface area contributed by atoms with E-state index < -0.39 is 0 Å². The maximum Gasteiger partial charge on any atom is 0.302 e. The molecule has 0 amide bonds. The van der Waals surface area contributed by atoms with Crippen LogP contribution < -0.4 is 0 Å². The molecule has 0 fully saturated rings. The Labute approximate surface area is 98.1 Å². The topological polar surface area (TPSA) is 26.3 Å². The third-order valence-corrected chi connectivity index (χ3v) is 1.59. The van der Waals surface area contributed by atoms with E-state index in [2.05, 4.69) is 36.7 Å². The fraction of sp³-hybridized carbons (Fsp3) is 0.500. The van der Waals surface area contributed by atoms with Crippen molar-refractivity contribution in [2.45, 2.75) is 39.5 Å². The van der Waals surface area contributed by atoms with Crippen LogP contribution in [0.2, 0.25) is 0 Å². The summed E-state index contributed by atoms with van der Waals surface area (Å²) in [7, 11) is 0. The maximum atomic E-state index is 10.4. The van der Waals surface area contributed by atoms with Gasteiger partial charge in [0.05, 0.1) is 6.42 Å². The fourth-order valence-electron chi connectivity index (χ4n) is 0.860. The molecule has 0 saturated heterocycles. The predicted octanol–water partition coefficient (Wildman–Crippen LogP) is 2.69. The van der Waals surface area contributed by atoms with Crippen LogP contribution in [0.5, 0.6) is 0 Å². The Balaban J connectivity index is 3.49. The SMILES string of the molecule is CCC/C=C\C#CCC#CCCOC(C)=O. The highest BCUT2D eigenvalue weighted by Crippen LogP contribution is 1.86. The summed E-state index contributed by atoms with van der Waals surface area (Å²) >= 11 is 0. The zero-order valence-corrected chi connectivity index (χ0v) is 10.0. The van der Waals surface area contributed by atoms with Crippen molar-refractivity contribution in [3.8, 4) is 23.7 Å². The number of esters is 1. The number of hydrogen-bond donors (Lipinski definition) is 0. The minimum Gasteiger partial charge on any atom is -0.465 e. The largest absolute Gasteiger partial charge is 0.465 e. The van der Waals surface area contributed by atoms with E-state index in [1.165, 1.54) is 6.92 Å². The normalized spacial score (nSPS) is 8.88. The Morgan fingerprint density at radius 2 is 2.12 bits per heavy atom. The first-order valence-corrected chi connectivity index (χ1v) is 5.49. The van der Waals surface area contributed by atoms with E-state index >= 15 is 0 Å². The van der Waals surface area contributed by atoms with Gasteiger partial charge in [-0.2, -0.15) is 0 Å². The van der Waals surface area contributed by atoms with Gasteiger partial charge in [-0.3, -0.25) is 4.79 Å². The Bertz CT molecular complexity index is 331. The van der Waals surface area contributed by atoms with Crippen molar-refractivity contribution in [1.82, 2.24) is 0 Å². The van der Waals surface area contributed by atoms with Crippen molar-refractivity contribution in [3.05, 3.63) is 12.2 Å². The Kier molecular flexibility index (Phi) is 10.2. The molecule has 0 spiro atoms. The first-order valence-electron chi connectivity index (χ1n) is 5.49. The second-order valence-corrected chi connectivity index (χ2v) is 3.13. The standard InChI is InChI=1S/C14H18O2/c1-3-4-5-6-7-8-9-10-11-12-13-16-14(2)15/h5-6H,3-4,9,12-13H2,1-2H3/b6-5-. The third kappa shape index (κ3) is 12.3. The molecule has 0 aromatic heterocycles. The highest BCUT2D eigenvalue weighted by molar-refractivity contribution is 5.65. The van der Waals surface area contributed by atoms with Gasteiger partial charge in [-0.1, -0.05) is 43.1 Å². The van der Waals surface area contributed by atoms with Gasteiger partial charge in [-0.05, 0) is 12.5 Å². The molecule has 2 heteroatoms. The molecular formula is C14H18O2. The second kappa shape index (κ2) is 11.4. The van der Waals surface area contributed by atoms with Crippen molar-refractivity contribution >= 4 is 5.97 Å². The van der Waals surface area contributed by atoms with Gasteiger partial charge in [0.1, 0.15) is 6.61 Å². The number of allylic oxidation sites excluding steroid dienone is 2. The van der Waals surface area contributed by atoms with Crippen molar-refractivity contribution in [1.29, 1.82) is 0 Å². The smallest absolute Gasteiger partial charge is 0.302 e. The van der Waals surface area contributed by atoms with Crippen LogP contribution in [0.4, 0.5) is 0 Å². The lowest BCUT2D eigenvalue weighted by atomic mass is 10.3. The van der Waals surface area contributed by atoms with Crippen LogP contribution >= 0.6 is 0 Å². The summed E-state index contributed by atoms with van der Waals surface area (Å²) in [5.41, 5.74) is 0. The number of rotatable bonds is 4. The summed E-state index contributed by atoms with van der Waals surface area (Å²) in [6, 6.07) is 0. The average Bonchev–Trinajstić information content (AvgIpc) is 2.25. The van der Waals surface area contributed by atoms with Crippen LogP contribution in [-0.2, 0) is 9.53 Å². The number of carbonyl (C=O) groups excluding carboxylic acids is 1. The molecule has 0 heterocycles. The summed E-state index contributed by atoms with van der Waals surface area (Å²) in [5, 5.41) is 0. The fourth-order valence-corrected chi connectivity index (χ4v) is 0.860. The van der Waals surface area contributed by atoms with E-state index in [9.17, 15) is 4.79 Å². The summed E-state index contributed by atoms with van der Waals surface area (Å²) in [4.78, 5) is 10.4. The zero-order chi connectivity index (χ0) is 12.1. The van der Waals surface area contributed by atoms with E-state index in [0.717, 1.165) is 12.8 Å². The highest BCUT2D eigenvalue weighted by Gasteiger charge is 1.87. The van der Waals surface area contributed by atoms with Gasteiger partial charge in [0.15, 0.2) is 0 Å². The van der Waals surface area contributed by atoms with Gasteiger partial charge in [0.2, 0.25) is 0 Å². The minimum atomic E-state index is -0.261. The number of unbranched alkanes of at least 4 members (excludes halogenated alkanes) is 1.